The number of carbonyl (C=O) groups excluding carboxylic acids is 2. The maximum Gasteiger partial charge on any atom is 0.407 e. The first-order valence-corrected chi connectivity index (χ1v) is 9.12. The van der Waals surface area contributed by atoms with Gasteiger partial charge in [-0.3, -0.25) is 14.3 Å². The van der Waals surface area contributed by atoms with Crippen LogP contribution in [0.5, 0.6) is 0 Å². The molecule has 1 aromatic rings. The van der Waals surface area contributed by atoms with Crippen LogP contribution in [0.15, 0.2) is 15.8 Å². The minimum atomic E-state index is -0.757. The summed E-state index contributed by atoms with van der Waals surface area (Å²) in [5.74, 6) is -0.757. The molecule has 2 rings (SSSR count). The van der Waals surface area contributed by atoms with E-state index in [-0.39, 0.29) is 24.3 Å². The van der Waals surface area contributed by atoms with E-state index in [2.05, 4.69) is 10.3 Å². The second kappa shape index (κ2) is 8.41. The van der Waals surface area contributed by atoms with Gasteiger partial charge in [0.1, 0.15) is 11.2 Å². The number of aromatic nitrogens is 2. The van der Waals surface area contributed by atoms with Gasteiger partial charge in [0.15, 0.2) is 0 Å². The highest BCUT2D eigenvalue weighted by atomic mass is 16.6. The molecule has 0 atom stereocenters. The van der Waals surface area contributed by atoms with Crippen molar-refractivity contribution in [1.82, 2.24) is 14.9 Å². The van der Waals surface area contributed by atoms with E-state index in [1.807, 2.05) is 0 Å². The van der Waals surface area contributed by atoms with Gasteiger partial charge < -0.3 is 14.8 Å². The summed E-state index contributed by atoms with van der Waals surface area (Å²) in [4.78, 5) is 49.9. The van der Waals surface area contributed by atoms with Crippen LogP contribution in [0.25, 0.3) is 0 Å². The van der Waals surface area contributed by atoms with Crippen molar-refractivity contribution in [2.75, 3.05) is 6.61 Å². The zero-order valence-electron chi connectivity index (χ0n) is 16.2. The number of amides is 1. The van der Waals surface area contributed by atoms with Crippen molar-refractivity contribution in [3.63, 3.8) is 0 Å². The van der Waals surface area contributed by atoms with Gasteiger partial charge in [0.05, 0.1) is 6.61 Å². The van der Waals surface area contributed by atoms with Crippen LogP contribution in [0.1, 0.15) is 69.8 Å². The lowest BCUT2D eigenvalue weighted by atomic mass is 9.91. The zero-order valence-corrected chi connectivity index (χ0v) is 16.2. The third-order valence-electron chi connectivity index (χ3n) is 4.27. The number of carbonyl (C=O) groups is 2. The standard InChI is InChI=1S/C18H27N3O6/c1-5-26-15(23)13-10-21(16(24)20-14(13)22)12-8-6-11(7-9-12)19-17(25)27-18(2,3)4/h10-12H,5-9H2,1-4H3,(H,19,25)(H,20,22,24)/t11-,12-. The molecule has 0 unspecified atom stereocenters. The molecule has 27 heavy (non-hydrogen) atoms. The second-order valence-corrected chi connectivity index (χ2v) is 7.58. The highest BCUT2D eigenvalue weighted by Crippen LogP contribution is 2.27. The van der Waals surface area contributed by atoms with Gasteiger partial charge in [0.2, 0.25) is 0 Å². The summed E-state index contributed by atoms with van der Waals surface area (Å²) >= 11 is 0. The predicted molar refractivity (Wildman–Crippen MR) is 97.9 cm³/mol. The Morgan fingerprint density at radius 3 is 2.41 bits per heavy atom. The molecule has 9 heteroatoms. The third-order valence-corrected chi connectivity index (χ3v) is 4.27. The van der Waals surface area contributed by atoms with Crippen LogP contribution in [0.3, 0.4) is 0 Å². The maximum atomic E-state index is 12.2. The van der Waals surface area contributed by atoms with Crippen LogP contribution in [0, 0.1) is 0 Å². The summed E-state index contributed by atoms with van der Waals surface area (Å²) in [7, 11) is 0. The molecule has 9 nitrogen and oxygen atoms in total. The highest BCUT2D eigenvalue weighted by Gasteiger charge is 2.27. The van der Waals surface area contributed by atoms with Gasteiger partial charge in [-0.15, -0.1) is 0 Å². The van der Waals surface area contributed by atoms with E-state index in [0.29, 0.717) is 25.7 Å². The maximum absolute atomic E-state index is 12.2. The first kappa shape index (κ1) is 20.7. The molecular formula is C18H27N3O6. The second-order valence-electron chi connectivity index (χ2n) is 7.58. The van der Waals surface area contributed by atoms with Crippen LogP contribution >= 0.6 is 0 Å². The van der Waals surface area contributed by atoms with E-state index in [1.165, 1.54) is 10.8 Å². The van der Waals surface area contributed by atoms with Gasteiger partial charge in [0, 0.05) is 18.3 Å². The van der Waals surface area contributed by atoms with Gasteiger partial charge >= 0.3 is 17.8 Å². The number of ether oxygens (including phenoxy) is 2. The van der Waals surface area contributed by atoms with Crippen molar-refractivity contribution in [2.45, 2.75) is 71.1 Å². The van der Waals surface area contributed by atoms with E-state index < -0.39 is 28.9 Å². The fraction of sp³-hybridized carbons (Fsp3) is 0.667. The molecule has 1 fully saturated rings. The minimum absolute atomic E-state index is 0.0425. The smallest absolute Gasteiger partial charge is 0.407 e. The van der Waals surface area contributed by atoms with E-state index in [0.717, 1.165) is 0 Å². The molecule has 1 saturated carbocycles. The van der Waals surface area contributed by atoms with Crippen molar-refractivity contribution >= 4 is 12.1 Å². The molecule has 1 aliphatic carbocycles. The number of nitrogens with one attached hydrogen (secondary N) is 2. The number of hydrogen-bond acceptors (Lipinski definition) is 6. The van der Waals surface area contributed by atoms with Crippen molar-refractivity contribution in [3.05, 3.63) is 32.6 Å². The van der Waals surface area contributed by atoms with Crippen molar-refractivity contribution < 1.29 is 19.1 Å². The van der Waals surface area contributed by atoms with Crippen LogP contribution < -0.4 is 16.6 Å². The van der Waals surface area contributed by atoms with Crippen LogP contribution in [-0.2, 0) is 9.47 Å². The highest BCUT2D eigenvalue weighted by molar-refractivity contribution is 5.88. The molecule has 0 aromatic carbocycles. The molecule has 0 bridgehead atoms. The van der Waals surface area contributed by atoms with E-state index in [4.69, 9.17) is 9.47 Å². The molecule has 1 amide bonds. The van der Waals surface area contributed by atoms with Gasteiger partial charge in [-0.1, -0.05) is 0 Å². The monoisotopic (exact) mass is 381 g/mol. The fourth-order valence-corrected chi connectivity index (χ4v) is 3.08. The number of nitrogens with zero attached hydrogens (tertiary/aromatic N) is 1. The van der Waals surface area contributed by atoms with Gasteiger partial charge in [-0.2, -0.15) is 0 Å². The molecule has 1 aromatic heterocycles. The van der Waals surface area contributed by atoms with E-state index in [9.17, 15) is 19.2 Å². The molecular weight excluding hydrogens is 354 g/mol. The lowest BCUT2D eigenvalue weighted by Gasteiger charge is -2.31. The number of aromatic amines is 1. The molecule has 1 aliphatic rings. The summed E-state index contributed by atoms with van der Waals surface area (Å²) in [5, 5.41) is 2.84. The lowest BCUT2D eigenvalue weighted by Crippen LogP contribution is -2.42. The number of rotatable bonds is 4. The molecule has 0 radical (unpaired) electrons. The third kappa shape index (κ3) is 5.70. The number of esters is 1. The zero-order chi connectivity index (χ0) is 20.2. The minimum Gasteiger partial charge on any atom is -0.462 e. The van der Waals surface area contributed by atoms with Gasteiger partial charge in [-0.05, 0) is 53.4 Å². The first-order valence-electron chi connectivity index (χ1n) is 9.12. The van der Waals surface area contributed by atoms with Gasteiger partial charge in [-0.25, -0.2) is 14.4 Å². The molecule has 2 N–H and O–H groups in total. The van der Waals surface area contributed by atoms with Crippen molar-refractivity contribution in [2.24, 2.45) is 0 Å². The summed E-state index contributed by atoms with van der Waals surface area (Å²) in [5.41, 5.74) is -2.06. The topological polar surface area (TPSA) is 119 Å². The molecule has 1 heterocycles. The average Bonchev–Trinajstić information content (AvgIpc) is 2.54. The Balaban J connectivity index is 2.04. The lowest BCUT2D eigenvalue weighted by molar-refractivity contribution is 0.0482. The van der Waals surface area contributed by atoms with E-state index in [1.54, 1.807) is 27.7 Å². The quantitative estimate of drug-likeness (QED) is 0.767. The Hall–Kier alpha value is -2.58. The van der Waals surface area contributed by atoms with Crippen LogP contribution in [-0.4, -0.2) is 39.9 Å². The Kier molecular flexibility index (Phi) is 6.45. The fourth-order valence-electron chi connectivity index (χ4n) is 3.08. The summed E-state index contributed by atoms with van der Waals surface area (Å²) in [6.45, 7) is 7.17. The number of alkyl carbamates (subject to hydrolysis) is 1. The van der Waals surface area contributed by atoms with Crippen molar-refractivity contribution in [1.29, 1.82) is 0 Å². The Morgan fingerprint density at radius 2 is 1.85 bits per heavy atom. The molecule has 0 saturated heterocycles. The summed E-state index contributed by atoms with van der Waals surface area (Å²) < 4.78 is 11.5. The number of hydrogen-bond donors (Lipinski definition) is 2. The summed E-state index contributed by atoms with van der Waals surface area (Å²) in [6.07, 6.45) is 3.36. The average molecular weight is 381 g/mol. The van der Waals surface area contributed by atoms with Crippen LogP contribution in [0.2, 0.25) is 0 Å². The largest absolute Gasteiger partial charge is 0.462 e. The Bertz CT molecular complexity index is 797. The molecule has 150 valence electrons. The summed E-state index contributed by atoms with van der Waals surface area (Å²) in [6, 6.07) is -0.210. The SMILES string of the molecule is CCOC(=O)c1cn([C@H]2CC[C@H](NC(=O)OC(C)(C)C)CC2)c(=O)[nH]c1=O. The van der Waals surface area contributed by atoms with Crippen molar-refractivity contribution in [3.8, 4) is 0 Å². The number of H-pyrrole nitrogens is 1. The predicted octanol–water partition coefficient (Wildman–Crippen LogP) is 1.72. The first-order chi connectivity index (χ1) is 12.6. The van der Waals surface area contributed by atoms with Crippen LogP contribution in [0.4, 0.5) is 4.79 Å². The molecule has 0 aliphatic heterocycles. The van der Waals surface area contributed by atoms with Gasteiger partial charge in [0.25, 0.3) is 5.56 Å². The molecule has 0 spiro atoms. The Morgan fingerprint density at radius 1 is 1.22 bits per heavy atom. The Labute approximate surface area is 157 Å². The van der Waals surface area contributed by atoms with E-state index >= 15 is 0 Å². The normalized spacial score (nSPS) is 20.0.